The Morgan fingerprint density at radius 2 is 1.90 bits per heavy atom. The van der Waals surface area contributed by atoms with Crippen LogP contribution in [0, 0.1) is 11.8 Å². The van der Waals surface area contributed by atoms with Gasteiger partial charge in [-0.3, -0.25) is 0 Å². The quantitative estimate of drug-likeness (QED) is 0.498. The summed E-state index contributed by atoms with van der Waals surface area (Å²) < 4.78 is 0. The lowest BCUT2D eigenvalue weighted by molar-refractivity contribution is 0.283. The first-order valence-electron chi connectivity index (χ1n) is 4.38. The maximum Gasteiger partial charge on any atom is 0.000651 e. The molecule has 1 aliphatic rings. The van der Waals surface area contributed by atoms with Crippen LogP contribution in [0.1, 0.15) is 26.7 Å². The Morgan fingerprint density at radius 1 is 1.20 bits per heavy atom. The van der Waals surface area contributed by atoms with Crippen molar-refractivity contribution in [1.82, 2.24) is 4.90 Å². The molecule has 2 atom stereocenters. The molecule has 0 saturated carbocycles. The summed E-state index contributed by atoms with van der Waals surface area (Å²) in [5.41, 5.74) is 0. The molecule has 1 nitrogen and oxygen atoms in total. The van der Waals surface area contributed by atoms with E-state index in [1.807, 2.05) is 0 Å². The van der Waals surface area contributed by atoms with Gasteiger partial charge in [-0.05, 0) is 38.3 Å². The average Bonchev–Trinajstić information content (AvgIpc) is 1.96. The van der Waals surface area contributed by atoms with Gasteiger partial charge in [-0.1, -0.05) is 13.8 Å². The molecule has 1 saturated heterocycles. The third-order valence-electron chi connectivity index (χ3n) is 2.77. The van der Waals surface area contributed by atoms with Crippen molar-refractivity contribution < 1.29 is 0 Å². The second kappa shape index (κ2) is 3.38. The fraction of sp³-hybridized carbons (Fsp3) is 1.00. The Labute approximate surface area is 64.4 Å². The first-order valence-corrected chi connectivity index (χ1v) is 4.38. The SMILES string of the molecule is CC1CCCN(C)CC1C. The molecule has 0 N–H and O–H groups in total. The standard InChI is InChI=1S/C9H19N/c1-8-5-4-6-10(3)7-9(8)2/h8-9H,4-7H2,1-3H3. The molecule has 1 rings (SSSR count). The van der Waals surface area contributed by atoms with Crippen LogP contribution in [0.25, 0.3) is 0 Å². The Kier molecular flexibility index (Phi) is 2.72. The molecule has 1 heterocycles. The van der Waals surface area contributed by atoms with Crippen LogP contribution in [0.15, 0.2) is 0 Å². The van der Waals surface area contributed by atoms with E-state index in [-0.39, 0.29) is 0 Å². The molecule has 0 radical (unpaired) electrons. The van der Waals surface area contributed by atoms with Gasteiger partial charge in [-0.15, -0.1) is 0 Å². The summed E-state index contributed by atoms with van der Waals surface area (Å²) >= 11 is 0. The van der Waals surface area contributed by atoms with Crippen LogP contribution in [0.3, 0.4) is 0 Å². The zero-order valence-corrected chi connectivity index (χ0v) is 7.43. The van der Waals surface area contributed by atoms with Crippen molar-refractivity contribution in [2.24, 2.45) is 11.8 Å². The van der Waals surface area contributed by atoms with Gasteiger partial charge in [0, 0.05) is 6.54 Å². The Balaban J connectivity index is 2.41. The third-order valence-corrected chi connectivity index (χ3v) is 2.77. The van der Waals surface area contributed by atoms with E-state index in [4.69, 9.17) is 0 Å². The van der Waals surface area contributed by atoms with E-state index >= 15 is 0 Å². The van der Waals surface area contributed by atoms with Crippen LogP contribution in [0.2, 0.25) is 0 Å². The first-order chi connectivity index (χ1) is 4.70. The number of rotatable bonds is 0. The van der Waals surface area contributed by atoms with E-state index in [0.29, 0.717) is 0 Å². The monoisotopic (exact) mass is 141 g/mol. The molecule has 0 spiro atoms. The summed E-state index contributed by atoms with van der Waals surface area (Å²) in [6.07, 6.45) is 2.81. The van der Waals surface area contributed by atoms with Crippen molar-refractivity contribution in [1.29, 1.82) is 0 Å². The van der Waals surface area contributed by atoms with Crippen LogP contribution in [-0.2, 0) is 0 Å². The van der Waals surface area contributed by atoms with Crippen molar-refractivity contribution in [3.63, 3.8) is 0 Å². The topological polar surface area (TPSA) is 3.24 Å². The van der Waals surface area contributed by atoms with Crippen LogP contribution in [-0.4, -0.2) is 25.0 Å². The van der Waals surface area contributed by atoms with E-state index in [1.54, 1.807) is 0 Å². The molecule has 1 fully saturated rings. The molecular formula is C9H19N. The Morgan fingerprint density at radius 3 is 2.60 bits per heavy atom. The molecule has 1 aliphatic heterocycles. The average molecular weight is 141 g/mol. The summed E-state index contributed by atoms with van der Waals surface area (Å²) in [7, 11) is 2.23. The van der Waals surface area contributed by atoms with Crippen LogP contribution < -0.4 is 0 Å². The molecule has 0 aromatic rings. The number of hydrogen-bond donors (Lipinski definition) is 0. The maximum absolute atomic E-state index is 2.45. The minimum absolute atomic E-state index is 0.896. The molecule has 1 heteroatoms. The summed E-state index contributed by atoms with van der Waals surface area (Å²) in [4.78, 5) is 2.45. The third kappa shape index (κ3) is 1.98. The zero-order valence-electron chi connectivity index (χ0n) is 7.43. The highest BCUT2D eigenvalue weighted by Gasteiger charge is 2.17. The fourth-order valence-corrected chi connectivity index (χ4v) is 1.73. The molecule has 0 aromatic carbocycles. The van der Waals surface area contributed by atoms with Crippen molar-refractivity contribution >= 4 is 0 Å². The number of nitrogens with zero attached hydrogens (tertiary/aromatic N) is 1. The van der Waals surface area contributed by atoms with E-state index in [9.17, 15) is 0 Å². The van der Waals surface area contributed by atoms with E-state index < -0.39 is 0 Å². The van der Waals surface area contributed by atoms with Crippen molar-refractivity contribution in [3.05, 3.63) is 0 Å². The predicted octanol–water partition coefficient (Wildman–Crippen LogP) is 1.98. The molecule has 0 bridgehead atoms. The smallest absolute Gasteiger partial charge is 0.000651 e. The van der Waals surface area contributed by atoms with E-state index in [0.717, 1.165) is 11.8 Å². The highest BCUT2D eigenvalue weighted by Crippen LogP contribution is 2.21. The van der Waals surface area contributed by atoms with Gasteiger partial charge in [-0.2, -0.15) is 0 Å². The van der Waals surface area contributed by atoms with Crippen LogP contribution in [0.4, 0.5) is 0 Å². The zero-order chi connectivity index (χ0) is 7.56. The lowest BCUT2D eigenvalue weighted by Gasteiger charge is -2.19. The molecular weight excluding hydrogens is 122 g/mol. The van der Waals surface area contributed by atoms with Crippen molar-refractivity contribution in [2.45, 2.75) is 26.7 Å². The Hall–Kier alpha value is -0.0400. The summed E-state index contributed by atoms with van der Waals surface area (Å²) in [5, 5.41) is 0. The number of likely N-dealkylation sites (tertiary alicyclic amines) is 1. The molecule has 60 valence electrons. The molecule has 0 aromatic heterocycles. The van der Waals surface area contributed by atoms with Gasteiger partial charge < -0.3 is 4.90 Å². The lowest BCUT2D eigenvalue weighted by Crippen LogP contribution is -2.24. The van der Waals surface area contributed by atoms with Crippen LogP contribution in [0.5, 0.6) is 0 Å². The summed E-state index contributed by atoms with van der Waals surface area (Å²) in [6, 6.07) is 0. The van der Waals surface area contributed by atoms with Gasteiger partial charge in [0.25, 0.3) is 0 Å². The second-order valence-corrected chi connectivity index (χ2v) is 3.86. The summed E-state index contributed by atoms with van der Waals surface area (Å²) in [6.45, 7) is 7.34. The molecule has 2 unspecified atom stereocenters. The van der Waals surface area contributed by atoms with Gasteiger partial charge in [-0.25, -0.2) is 0 Å². The van der Waals surface area contributed by atoms with E-state index in [2.05, 4.69) is 25.8 Å². The Bertz CT molecular complexity index is 101. The molecule has 0 amide bonds. The molecule has 10 heavy (non-hydrogen) atoms. The van der Waals surface area contributed by atoms with Crippen LogP contribution >= 0.6 is 0 Å². The van der Waals surface area contributed by atoms with Gasteiger partial charge >= 0.3 is 0 Å². The lowest BCUT2D eigenvalue weighted by atomic mass is 9.93. The first kappa shape index (κ1) is 8.06. The fourth-order valence-electron chi connectivity index (χ4n) is 1.73. The molecule has 0 aliphatic carbocycles. The maximum atomic E-state index is 2.45. The predicted molar refractivity (Wildman–Crippen MR) is 45.1 cm³/mol. The number of hydrogen-bond acceptors (Lipinski definition) is 1. The minimum atomic E-state index is 0.896. The van der Waals surface area contributed by atoms with Gasteiger partial charge in [0.05, 0.1) is 0 Å². The highest BCUT2D eigenvalue weighted by molar-refractivity contribution is 4.70. The van der Waals surface area contributed by atoms with Crippen molar-refractivity contribution in [3.8, 4) is 0 Å². The van der Waals surface area contributed by atoms with Gasteiger partial charge in [0.2, 0.25) is 0 Å². The highest BCUT2D eigenvalue weighted by atomic mass is 15.1. The minimum Gasteiger partial charge on any atom is -0.306 e. The van der Waals surface area contributed by atoms with E-state index in [1.165, 1.54) is 25.9 Å². The van der Waals surface area contributed by atoms with Gasteiger partial charge in [0.15, 0.2) is 0 Å². The second-order valence-electron chi connectivity index (χ2n) is 3.86. The van der Waals surface area contributed by atoms with Gasteiger partial charge in [0.1, 0.15) is 0 Å². The summed E-state index contributed by atoms with van der Waals surface area (Å²) in [5.74, 6) is 1.83. The van der Waals surface area contributed by atoms with Crippen molar-refractivity contribution in [2.75, 3.05) is 20.1 Å². The largest absolute Gasteiger partial charge is 0.306 e. The normalized spacial score (nSPS) is 37.5.